The van der Waals surface area contributed by atoms with E-state index in [-0.39, 0.29) is 19.1 Å². The van der Waals surface area contributed by atoms with E-state index in [1.165, 1.54) is 4.90 Å². The van der Waals surface area contributed by atoms with Crippen molar-refractivity contribution in [1.82, 2.24) is 9.55 Å². The first kappa shape index (κ1) is 20.9. The lowest BCUT2D eigenvalue weighted by molar-refractivity contribution is -0.153. The van der Waals surface area contributed by atoms with E-state index in [0.29, 0.717) is 18.3 Å². The summed E-state index contributed by atoms with van der Waals surface area (Å²) in [5.41, 5.74) is 2.38. The maximum atomic E-state index is 13.6. The van der Waals surface area contributed by atoms with E-state index in [9.17, 15) is 9.59 Å². The molecule has 1 aliphatic heterocycles. The Morgan fingerprint density at radius 3 is 2.52 bits per heavy atom. The number of fused-ring (bicyclic) bond motifs is 3. The Hall–Kier alpha value is -3.39. The number of anilines is 1. The molecule has 1 amide bonds. The second kappa shape index (κ2) is 8.77. The van der Waals surface area contributed by atoms with E-state index < -0.39 is 17.9 Å². The summed E-state index contributed by atoms with van der Waals surface area (Å²) < 4.78 is 17.8. The Bertz CT molecular complexity index is 1090. The van der Waals surface area contributed by atoms with E-state index >= 15 is 0 Å². The molecule has 1 aromatic heterocycles. The molecule has 0 N–H and O–H groups in total. The molecule has 1 aliphatic rings. The monoisotopic (exact) mass is 423 g/mol. The largest absolute Gasteiger partial charge is 0.497 e. The standard InChI is InChI=1S/C23H25N3O5/c1-4-31-22(28)19-20(15-9-11-16(30-3)12-10-15)26-18-8-6-5-7-17(18)24-23(26)25(21(19)27)13-14-29-2/h5-12,19-20H,4,13-14H2,1-3H3/t19-,20-/m0/s1. The Morgan fingerprint density at radius 2 is 1.84 bits per heavy atom. The molecule has 0 aliphatic carbocycles. The highest BCUT2D eigenvalue weighted by Gasteiger charge is 2.47. The van der Waals surface area contributed by atoms with Crippen LogP contribution in [0, 0.1) is 5.92 Å². The summed E-state index contributed by atoms with van der Waals surface area (Å²) in [6.45, 7) is 2.52. The average Bonchev–Trinajstić information content (AvgIpc) is 3.17. The number of esters is 1. The van der Waals surface area contributed by atoms with Gasteiger partial charge in [0.2, 0.25) is 11.9 Å². The summed E-state index contributed by atoms with van der Waals surface area (Å²) in [5, 5.41) is 0. The van der Waals surface area contributed by atoms with Crippen molar-refractivity contribution in [2.75, 3.05) is 38.9 Å². The summed E-state index contributed by atoms with van der Waals surface area (Å²) in [6, 6.07) is 14.4. The second-order valence-corrected chi connectivity index (χ2v) is 7.20. The van der Waals surface area contributed by atoms with Crippen molar-refractivity contribution >= 4 is 28.9 Å². The van der Waals surface area contributed by atoms with Crippen LogP contribution in [-0.4, -0.2) is 55.4 Å². The third-order valence-corrected chi connectivity index (χ3v) is 5.46. The summed E-state index contributed by atoms with van der Waals surface area (Å²) in [5.74, 6) is -0.769. The molecule has 162 valence electrons. The Labute approximate surface area is 180 Å². The number of para-hydroxylation sites is 2. The van der Waals surface area contributed by atoms with Gasteiger partial charge in [0.05, 0.1) is 43.9 Å². The van der Waals surface area contributed by atoms with E-state index in [1.54, 1.807) is 21.1 Å². The molecule has 0 fully saturated rings. The van der Waals surface area contributed by atoms with Gasteiger partial charge in [-0.2, -0.15) is 0 Å². The smallest absolute Gasteiger partial charge is 0.321 e. The summed E-state index contributed by atoms with van der Waals surface area (Å²) in [6.07, 6.45) is 0. The molecule has 2 heterocycles. The first-order valence-electron chi connectivity index (χ1n) is 10.2. The highest BCUT2D eigenvalue weighted by Crippen LogP contribution is 2.41. The average molecular weight is 423 g/mol. The number of hydrogen-bond acceptors (Lipinski definition) is 6. The van der Waals surface area contributed by atoms with Gasteiger partial charge < -0.3 is 18.8 Å². The fourth-order valence-electron chi connectivity index (χ4n) is 4.04. The van der Waals surface area contributed by atoms with Gasteiger partial charge >= 0.3 is 5.97 Å². The number of carbonyl (C=O) groups excluding carboxylic acids is 2. The van der Waals surface area contributed by atoms with Crippen LogP contribution in [0.15, 0.2) is 48.5 Å². The number of ether oxygens (including phenoxy) is 3. The zero-order chi connectivity index (χ0) is 22.0. The molecule has 8 heteroatoms. The van der Waals surface area contributed by atoms with Crippen molar-refractivity contribution in [3.63, 3.8) is 0 Å². The summed E-state index contributed by atoms with van der Waals surface area (Å²) in [4.78, 5) is 32.9. The highest BCUT2D eigenvalue weighted by molar-refractivity contribution is 6.08. The fourth-order valence-corrected chi connectivity index (χ4v) is 4.04. The molecule has 0 radical (unpaired) electrons. The number of hydrogen-bond donors (Lipinski definition) is 0. The number of nitrogens with zero attached hydrogens (tertiary/aromatic N) is 3. The Kier molecular flexibility index (Phi) is 5.90. The van der Waals surface area contributed by atoms with Crippen LogP contribution in [0.5, 0.6) is 5.75 Å². The Morgan fingerprint density at radius 1 is 1.10 bits per heavy atom. The van der Waals surface area contributed by atoms with Crippen LogP contribution < -0.4 is 9.64 Å². The van der Waals surface area contributed by atoms with Crippen molar-refractivity contribution in [2.24, 2.45) is 5.92 Å². The maximum Gasteiger partial charge on any atom is 0.321 e. The molecule has 2 aromatic carbocycles. The van der Waals surface area contributed by atoms with Crippen molar-refractivity contribution in [1.29, 1.82) is 0 Å². The third-order valence-electron chi connectivity index (χ3n) is 5.46. The van der Waals surface area contributed by atoms with Gasteiger partial charge in [-0.05, 0) is 36.8 Å². The lowest BCUT2D eigenvalue weighted by Crippen LogP contribution is -2.51. The van der Waals surface area contributed by atoms with Crippen molar-refractivity contribution in [3.8, 4) is 5.75 Å². The van der Waals surface area contributed by atoms with Crippen LogP contribution in [0.3, 0.4) is 0 Å². The minimum atomic E-state index is -1.05. The van der Waals surface area contributed by atoms with Gasteiger partial charge in [0.25, 0.3) is 0 Å². The summed E-state index contributed by atoms with van der Waals surface area (Å²) in [7, 11) is 3.16. The van der Waals surface area contributed by atoms with E-state index in [0.717, 1.165) is 16.6 Å². The summed E-state index contributed by atoms with van der Waals surface area (Å²) >= 11 is 0. The lowest BCUT2D eigenvalue weighted by Gasteiger charge is -2.37. The van der Waals surface area contributed by atoms with Crippen LogP contribution in [-0.2, 0) is 19.1 Å². The number of methoxy groups -OCH3 is 2. The molecule has 4 rings (SSSR count). The van der Waals surface area contributed by atoms with Gasteiger partial charge in [-0.15, -0.1) is 0 Å². The molecule has 3 aromatic rings. The van der Waals surface area contributed by atoms with Gasteiger partial charge in [-0.1, -0.05) is 24.3 Å². The zero-order valence-electron chi connectivity index (χ0n) is 17.8. The Balaban J connectivity index is 1.95. The molecule has 0 saturated carbocycles. The van der Waals surface area contributed by atoms with Gasteiger partial charge in [0.1, 0.15) is 5.75 Å². The van der Waals surface area contributed by atoms with Crippen LogP contribution in [0.4, 0.5) is 5.95 Å². The zero-order valence-corrected chi connectivity index (χ0v) is 17.8. The van der Waals surface area contributed by atoms with E-state index in [2.05, 4.69) is 0 Å². The quantitative estimate of drug-likeness (QED) is 0.429. The molecular formula is C23H25N3O5. The minimum absolute atomic E-state index is 0.188. The maximum absolute atomic E-state index is 13.6. The molecular weight excluding hydrogens is 398 g/mol. The second-order valence-electron chi connectivity index (χ2n) is 7.20. The number of amides is 1. The molecule has 0 bridgehead atoms. The molecule has 2 atom stereocenters. The number of carbonyl (C=O) groups is 2. The van der Waals surface area contributed by atoms with Crippen LogP contribution >= 0.6 is 0 Å². The van der Waals surface area contributed by atoms with Crippen LogP contribution in [0.1, 0.15) is 18.5 Å². The normalized spacial score (nSPS) is 18.2. The first-order valence-corrected chi connectivity index (χ1v) is 10.2. The first-order chi connectivity index (χ1) is 15.1. The number of benzene rings is 2. The predicted molar refractivity (Wildman–Crippen MR) is 115 cm³/mol. The lowest BCUT2D eigenvalue weighted by atomic mass is 9.89. The van der Waals surface area contributed by atoms with Gasteiger partial charge in [-0.3, -0.25) is 14.5 Å². The topological polar surface area (TPSA) is 82.9 Å². The number of aromatic nitrogens is 2. The minimum Gasteiger partial charge on any atom is -0.497 e. The van der Waals surface area contributed by atoms with Crippen molar-refractivity contribution < 1.29 is 23.8 Å². The fraction of sp³-hybridized carbons (Fsp3) is 0.348. The van der Waals surface area contributed by atoms with Gasteiger partial charge in [0.15, 0.2) is 5.92 Å². The molecule has 0 unspecified atom stereocenters. The molecule has 0 saturated heterocycles. The predicted octanol–water partition coefficient (Wildman–Crippen LogP) is 2.81. The van der Waals surface area contributed by atoms with Crippen LogP contribution in [0.25, 0.3) is 11.0 Å². The third kappa shape index (κ3) is 3.63. The van der Waals surface area contributed by atoms with Gasteiger partial charge in [0, 0.05) is 7.11 Å². The number of imidazole rings is 1. The van der Waals surface area contributed by atoms with E-state index in [4.69, 9.17) is 19.2 Å². The van der Waals surface area contributed by atoms with E-state index in [1.807, 2.05) is 53.1 Å². The van der Waals surface area contributed by atoms with Crippen molar-refractivity contribution in [2.45, 2.75) is 13.0 Å². The molecule has 31 heavy (non-hydrogen) atoms. The van der Waals surface area contributed by atoms with Crippen molar-refractivity contribution in [3.05, 3.63) is 54.1 Å². The number of rotatable bonds is 7. The van der Waals surface area contributed by atoms with Gasteiger partial charge in [-0.25, -0.2) is 4.98 Å². The molecule has 0 spiro atoms. The van der Waals surface area contributed by atoms with Crippen LogP contribution in [0.2, 0.25) is 0 Å². The highest BCUT2D eigenvalue weighted by atomic mass is 16.5. The molecule has 8 nitrogen and oxygen atoms in total. The SMILES string of the molecule is CCOC(=O)[C@@H]1C(=O)N(CCOC)c2nc3ccccc3n2[C@H]1c1ccc(OC)cc1.